The fraction of sp³-hybridized carbons (Fsp3) is 0. The molecular weight excluding hydrogens is 412 g/mol. The number of aromatic hydroxyl groups is 2. The van der Waals surface area contributed by atoms with Gasteiger partial charge < -0.3 is 14.6 Å². The Bertz CT molecular complexity index is 1700. The molecule has 0 atom stereocenters. The van der Waals surface area contributed by atoms with E-state index in [2.05, 4.69) is 9.98 Å². The van der Waals surface area contributed by atoms with E-state index in [9.17, 15) is 10.2 Å². The molecule has 0 spiro atoms. The van der Waals surface area contributed by atoms with Gasteiger partial charge in [0.25, 0.3) is 0 Å². The predicted molar refractivity (Wildman–Crippen MR) is 131 cm³/mol. The minimum Gasteiger partial charge on any atom is -0.507 e. The number of oxazole rings is 1. The van der Waals surface area contributed by atoms with Crippen molar-refractivity contribution in [1.29, 1.82) is 0 Å². The molecule has 5 nitrogen and oxygen atoms in total. The van der Waals surface area contributed by atoms with Crippen LogP contribution >= 0.6 is 0 Å². The number of nitrogens with zero attached hydrogens (tertiary/aromatic N) is 2. The molecular formula is C28H18N2O3. The van der Waals surface area contributed by atoms with Crippen LogP contribution in [0.4, 0.5) is 5.69 Å². The second-order valence-electron chi connectivity index (χ2n) is 7.87. The van der Waals surface area contributed by atoms with Crippen LogP contribution in [0.25, 0.3) is 44.1 Å². The Morgan fingerprint density at radius 3 is 2.33 bits per heavy atom. The number of fused-ring (bicyclic) bond motifs is 3. The van der Waals surface area contributed by atoms with E-state index in [1.165, 1.54) is 0 Å². The van der Waals surface area contributed by atoms with Crippen LogP contribution in [0.3, 0.4) is 0 Å². The highest BCUT2D eigenvalue weighted by Crippen LogP contribution is 2.35. The van der Waals surface area contributed by atoms with Gasteiger partial charge in [-0.15, -0.1) is 0 Å². The molecule has 6 rings (SSSR count). The molecule has 0 aliphatic carbocycles. The van der Waals surface area contributed by atoms with E-state index >= 15 is 0 Å². The summed E-state index contributed by atoms with van der Waals surface area (Å²) in [6.07, 6.45) is 1.66. The largest absolute Gasteiger partial charge is 0.507 e. The molecule has 0 radical (unpaired) electrons. The zero-order chi connectivity index (χ0) is 22.4. The second-order valence-corrected chi connectivity index (χ2v) is 7.87. The van der Waals surface area contributed by atoms with Crippen LogP contribution in [0.5, 0.6) is 11.5 Å². The van der Waals surface area contributed by atoms with Crippen LogP contribution < -0.4 is 0 Å². The summed E-state index contributed by atoms with van der Waals surface area (Å²) in [4.78, 5) is 9.15. The molecule has 158 valence electrons. The highest BCUT2D eigenvalue weighted by atomic mass is 16.3. The van der Waals surface area contributed by atoms with E-state index in [0.717, 1.165) is 21.5 Å². The average Bonchev–Trinajstić information content (AvgIpc) is 3.26. The highest BCUT2D eigenvalue weighted by Gasteiger charge is 2.14. The molecule has 0 saturated heterocycles. The van der Waals surface area contributed by atoms with E-state index in [-0.39, 0.29) is 11.5 Å². The van der Waals surface area contributed by atoms with Crippen LogP contribution in [0, 0.1) is 0 Å². The molecule has 0 aliphatic rings. The summed E-state index contributed by atoms with van der Waals surface area (Å²) < 4.78 is 5.92. The maximum absolute atomic E-state index is 10.5. The van der Waals surface area contributed by atoms with E-state index in [1.807, 2.05) is 72.8 Å². The summed E-state index contributed by atoms with van der Waals surface area (Å²) in [5.74, 6) is 0.639. The fourth-order valence-electron chi connectivity index (χ4n) is 4.07. The van der Waals surface area contributed by atoms with Crippen LogP contribution in [-0.4, -0.2) is 21.4 Å². The molecule has 5 aromatic carbocycles. The topological polar surface area (TPSA) is 78.9 Å². The molecule has 1 aromatic heterocycles. The van der Waals surface area contributed by atoms with Crippen molar-refractivity contribution < 1.29 is 14.6 Å². The highest BCUT2D eigenvalue weighted by molar-refractivity contribution is 6.03. The predicted octanol–water partition coefficient (Wildman–Crippen LogP) is 6.96. The minimum atomic E-state index is 0.116. The van der Waals surface area contributed by atoms with E-state index in [4.69, 9.17) is 4.42 Å². The lowest BCUT2D eigenvalue weighted by Gasteiger charge is -2.04. The summed E-state index contributed by atoms with van der Waals surface area (Å²) in [7, 11) is 0. The number of aliphatic imine (C=N–C) groups is 1. The zero-order valence-corrected chi connectivity index (χ0v) is 17.4. The van der Waals surface area contributed by atoms with Crippen LogP contribution in [0.15, 0.2) is 100 Å². The van der Waals surface area contributed by atoms with Crippen LogP contribution in [0.2, 0.25) is 0 Å². The van der Waals surface area contributed by atoms with Gasteiger partial charge in [-0.05, 0) is 57.9 Å². The van der Waals surface area contributed by atoms with Gasteiger partial charge in [-0.3, -0.25) is 4.99 Å². The standard InChI is InChI=1S/C28H18N2O3/c31-25-11-9-17-5-3-4-8-21(17)23(25)16-29-20-10-12-27-24(15-20)30-28(33-27)22-13-18-6-1-2-7-19(18)14-26(22)32/h1-16,31-32H. The molecule has 5 heteroatoms. The zero-order valence-electron chi connectivity index (χ0n) is 17.4. The SMILES string of the molecule is Oc1cc2ccccc2cc1-c1nc2cc(N=Cc3c(O)ccc4ccccc34)ccc2o1. The van der Waals surface area contributed by atoms with Gasteiger partial charge in [-0.1, -0.05) is 54.6 Å². The van der Waals surface area contributed by atoms with Crippen molar-refractivity contribution in [2.24, 2.45) is 4.99 Å². The Morgan fingerprint density at radius 2 is 1.48 bits per heavy atom. The smallest absolute Gasteiger partial charge is 0.231 e. The number of aromatic nitrogens is 1. The first-order valence-electron chi connectivity index (χ1n) is 10.5. The van der Waals surface area contributed by atoms with E-state index in [1.54, 1.807) is 24.4 Å². The van der Waals surface area contributed by atoms with Crippen molar-refractivity contribution in [3.63, 3.8) is 0 Å². The minimum absolute atomic E-state index is 0.116. The van der Waals surface area contributed by atoms with Crippen LogP contribution in [0.1, 0.15) is 5.56 Å². The van der Waals surface area contributed by atoms with Gasteiger partial charge in [0.1, 0.15) is 17.0 Å². The number of phenols is 2. The van der Waals surface area contributed by atoms with Crippen molar-refractivity contribution in [2.75, 3.05) is 0 Å². The lowest BCUT2D eigenvalue weighted by Crippen LogP contribution is -1.85. The fourth-order valence-corrected chi connectivity index (χ4v) is 4.07. The van der Waals surface area contributed by atoms with Gasteiger partial charge in [0, 0.05) is 11.8 Å². The van der Waals surface area contributed by atoms with Gasteiger partial charge in [0.2, 0.25) is 5.89 Å². The number of benzene rings is 5. The number of hydrogen-bond donors (Lipinski definition) is 2. The van der Waals surface area contributed by atoms with Crippen molar-refractivity contribution in [3.8, 4) is 23.0 Å². The maximum atomic E-state index is 10.5. The Balaban J connectivity index is 1.39. The Hall–Kier alpha value is -4.64. The summed E-state index contributed by atoms with van der Waals surface area (Å²) in [6.45, 7) is 0. The molecule has 0 unspecified atom stereocenters. The third-order valence-corrected chi connectivity index (χ3v) is 5.76. The maximum Gasteiger partial charge on any atom is 0.231 e. The van der Waals surface area contributed by atoms with Crippen molar-refractivity contribution in [1.82, 2.24) is 4.98 Å². The molecule has 0 aliphatic heterocycles. The van der Waals surface area contributed by atoms with Gasteiger partial charge in [0.15, 0.2) is 5.58 Å². The third-order valence-electron chi connectivity index (χ3n) is 5.76. The lowest BCUT2D eigenvalue weighted by atomic mass is 10.0. The van der Waals surface area contributed by atoms with Gasteiger partial charge in [-0.2, -0.15) is 0 Å². The molecule has 33 heavy (non-hydrogen) atoms. The van der Waals surface area contributed by atoms with Crippen molar-refractivity contribution in [2.45, 2.75) is 0 Å². The summed E-state index contributed by atoms with van der Waals surface area (Å²) in [5, 5.41) is 24.8. The lowest BCUT2D eigenvalue weighted by molar-refractivity contribution is 0.474. The Kier molecular flexibility index (Phi) is 4.33. The summed E-state index contributed by atoms with van der Waals surface area (Å²) in [5.41, 5.74) is 3.11. The molecule has 0 amide bonds. The first-order valence-corrected chi connectivity index (χ1v) is 10.5. The Labute approximate surface area is 188 Å². The Morgan fingerprint density at radius 1 is 0.727 bits per heavy atom. The third kappa shape index (κ3) is 3.36. The van der Waals surface area contributed by atoms with Gasteiger partial charge in [0.05, 0.1) is 11.3 Å². The average molecular weight is 430 g/mol. The molecule has 0 fully saturated rings. The van der Waals surface area contributed by atoms with E-state index in [0.29, 0.717) is 33.8 Å². The van der Waals surface area contributed by atoms with Gasteiger partial charge in [-0.25, -0.2) is 4.98 Å². The van der Waals surface area contributed by atoms with Crippen molar-refractivity contribution >= 4 is 44.5 Å². The monoisotopic (exact) mass is 430 g/mol. The van der Waals surface area contributed by atoms with Gasteiger partial charge >= 0.3 is 0 Å². The summed E-state index contributed by atoms with van der Waals surface area (Å²) >= 11 is 0. The molecule has 0 saturated carbocycles. The number of hydrogen-bond acceptors (Lipinski definition) is 5. The summed E-state index contributed by atoms with van der Waals surface area (Å²) in [6, 6.07) is 28.3. The van der Waals surface area contributed by atoms with E-state index < -0.39 is 0 Å². The quantitative estimate of drug-likeness (QED) is 0.297. The first kappa shape index (κ1) is 19.1. The second kappa shape index (κ2) is 7.50. The molecule has 6 aromatic rings. The normalized spacial score (nSPS) is 11.8. The molecule has 1 heterocycles. The number of rotatable bonds is 3. The van der Waals surface area contributed by atoms with Crippen molar-refractivity contribution in [3.05, 3.63) is 96.6 Å². The number of phenolic OH excluding ortho intramolecular Hbond substituents is 2. The first-order chi connectivity index (χ1) is 16.2. The van der Waals surface area contributed by atoms with Crippen LogP contribution in [-0.2, 0) is 0 Å². The molecule has 2 N–H and O–H groups in total. The molecule has 0 bridgehead atoms.